The minimum absolute atomic E-state index is 0.441. The molecule has 1 saturated carbocycles. The van der Waals surface area contributed by atoms with Crippen molar-refractivity contribution in [3.8, 4) is 0 Å². The van der Waals surface area contributed by atoms with Crippen LogP contribution in [0.2, 0.25) is 0 Å². The first-order valence-corrected chi connectivity index (χ1v) is 10.6. The molecule has 28 heavy (non-hydrogen) atoms. The van der Waals surface area contributed by atoms with Gasteiger partial charge in [0.25, 0.3) is 0 Å². The zero-order valence-electron chi connectivity index (χ0n) is 16.8. The number of nitrogens with zero attached hydrogens (tertiary/aromatic N) is 6. The molecule has 3 heterocycles. The van der Waals surface area contributed by atoms with Crippen LogP contribution in [0.5, 0.6) is 0 Å². The zero-order valence-corrected chi connectivity index (χ0v) is 16.8. The largest absolute Gasteiger partial charge is 0.385 e. The van der Waals surface area contributed by atoms with Crippen molar-refractivity contribution in [3.63, 3.8) is 0 Å². The van der Waals surface area contributed by atoms with Crippen LogP contribution in [0.25, 0.3) is 11.3 Å². The van der Waals surface area contributed by atoms with Gasteiger partial charge in [0, 0.05) is 52.5 Å². The van der Waals surface area contributed by atoms with E-state index in [-0.39, 0.29) is 0 Å². The van der Waals surface area contributed by atoms with Crippen molar-refractivity contribution < 1.29 is 9.37 Å². The van der Waals surface area contributed by atoms with Gasteiger partial charge in [0.1, 0.15) is 0 Å². The molecule has 2 aromatic rings. The van der Waals surface area contributed by atoms with Crippen LogP contribution in [-0.2, 0) is 4.74 Å². The van der Waals surface area contributed by atoms with Gasteiger partial charge in [0.2, 0.25) is 11.3 Å². The van der Waals surface area contributed by atoms with Gasteiger partial charge < -0.3 is 15.0 Å². The van der Waals surface area contributed by atoms with Crippen LogP contribution in [0.3, 0.4) is 0 Å². The summed E-state index contributed by atoms with van der Waals surface area (Å²) in [4.78, 5) is 14.4. The Morgan fingerprint density at radius 1 is 1.00 bits per heavy atom. The Kier molecular flexibility index (Phi) is 6.53. The van der Waals surface area contributed by atoms with E-state index >= 15 is 0 Å². The molecule has 2 fully saturated rings. The second-order valence-electron chi connectivity index (χ2n) is 7.75. The number of hydrogen-bond donors (Lipinski definition) is 1. The lowest BCUT2D eigenvalue weighted by atomic mass is 9.94. The van der Waals surface area contributed by atoms with E-state index in [0.717, 1.165) is 56.7 Å². The number of nitrogens with one attached hydrogen (secondary N) is 1. The molecule has 154 valence electrons. The smallest absolute Gasteiger partial charge is 0.245 e. The second kappa shape index (κ2) is 9.47. The normalized spacial score (nSPS) is 19.8. The first kappa shape index (κ1) is 19.3. The molecular formula is C19H31N7O2. The topological polar surface area (TPSA) is 92.4 Å². The van der Waals surface area contributed by atoms with E-state index < -0.39 is 0 Å². The van der Waals surface area contributed by atoms with Crippen molar-refractivity contribution in [2.75, 3.05) is 56.7 Å². The van der Waals surface area contributed by atoms with Crippen LogP contribution in [0.1, 0.15) is 44.9 Å². The Bertz CT molecular complexity index is 747. The molecule has 0 aromatic carbocycles. The maximum absolute atomic E-state index is 5.14. The highest BCUT2D eigenvalue weighted by Gasteiger charge is 2.26. The third-order valence-electron chi connectivity index (χ3n) is 5.83. The number of methoxy groups -OCH3 is 1. The standard InChI is InChI=1S/C19H31N7O2/c1-27-14-5-9-20-18-19(22-17-16(21-18)23-28-24-17)26-11-6-10-25(12-13-26)15-7-3-2-4-8-15/h15H,2-14H2,1H3,(H,20,21,23). The number of hydrogen-bond acceptors (Lipinski definition) is 9. The predicted octanol–water partition coefficient (Wildman–Crippen LogP) is 2.31. The Hall–Kier alpha value is -2.00. The fraction of sp³-hybridized carbons (Fsp3) is 0.789. The Labute approximate surface area is 165 Å². The minimum Gasteiger partial charge on any atom is -0.385 e. The van der Waals surface area contributed by atoms with Gasteiger partial charge in [-0.3, -0.25) is 4.90 Å². The monoisotopic (exact) mass is 389 g/mol. The highest BCUT2D eigenvalue weighted by Crippen LogP contribution is 2.27. The molecule has 1 N–H and O–H groups in total. The van der Waals surface area contributed by atoms with Gasteiger partial charge in [0.05, 0.1) is 0 Å². The summed E-state index contributed by atoms with van der Waals surface area (Å²) >= 11 is 0. The quantitative estimate of drug-likeness (QED) is 0.716. The van der Waals surface area contributed by atoms with Crippen LogP contribution < -0.4 is 10.2 Å². The van der Waals surface area contributed by atoms with E-state index in [9.17, 15) is 0 Å². The molecular weight excluding hydrogens is 358 g/mol. The van der Waals surface area contributed by atoms with E-state index in [1.807, 2.05) is 0 Å². The average molecular weight is 390 g/mol. The SMILES string of the molecule is COCCCNc1nc2nonc2nc1N1CCCN(C2CCCCC2)CC1. The number of aromatic nitrogens is 4. The van der Waals surface area contributed by atoms with Crippen molar-refractivity contribution >= 4 is 22.9 Å². The van der Waals surface area contributed by atoms with Crippen LogP contribution in [-0.4, -0.2) is 77.7 Å². The molecule has 1 aliphatic carbocycles. The molecule has 0 spiro atoms. The number of ether oxygens (including phenoxy) is 1. The van der Waals surface area contributed by atoms with Gasteiger partial charge in [-0.25, -0.2) is 14.6 Å². The molecule has 9 nitrogen and oxygen atoms in total. The van der Waals surface area contributed by atoms with Gasteiger partial charge in [-0.2, -0.15) is 0 Å². The van der Waals surface area contributed by atoms with Gasteiger partial charge >= 0.3 is 0 Å². The van der Waals surface area contributed by atoms with Gasteiger partial charge in [-0.1, -0.05) is 19.3 Å². The van der Waals surface area contributed by atoms with Gasteiger partial charge in [0.15, 0.2) is 11.6 Å². The van der Waals surface area contributed by atoms with E-state index in [2.05, 4.69) is 30.4 Å². The highest BCUT2D eigenvalue weighted by molar-refractivity contribution is 5.74. The van der Waals surface area contributed by atoms with E-state index in [1.54, 1.807) is 7.11 Å². The Morgan fingerprint density at radius 3 is 2.64 bits per heavy atom. The molecule has 4 rings (SSSR count). The molecule has 9 heteroatoms. The highest BCUT2D eigenvalue weighted by atomic mass is 16.6. The van der Waals surface area contributed by atoms with E-state index in [4.69, 9.17) is 14.3 Å². The van der Waals surface area contributed by atoms with E-state index in [1.165, 1.54) is 38.6 Å². The summed E-state index contributed by atoms with van der Waals surface area (Å²) in [5.74, 6) is 1.61. The third kappa shape index (κ3) is 4.52. The maximum atomic E-state index is 5.14. The molecule has 0 radical (unpaired) electrons. The van der Waals surface area contributed by atoms with E-state index in [0.29, 0.717) is 17.9 Å². The molecule has 0 unspecified atom stereocenters. The van der Waals surface area contributed by atoms with Crippen LogP contribution >= 0.6 is 0 Å². The van der Waals surface area contributed by atoms with Gasteiger partial charge in [-0.15, -0.1) is 0 Å². The maximum Gasteiger partial charge on any atom is 0.245 e. The summed E-state index contributed by atoms with van der Waals surface area (Å²) in [7, 11) is 1.72. The van der Waals surface area contributed by atoms with Crippen molar-refractivity contribution in [1.82, 2.24) is 25.2 Å². The first-order chi connectivity index (χ1) is 13.8. The summed E-state index contributed by atoms with van der Waals surface area (Å²) in [6, 6.07) is 0.758. The van der Waals surface area contributed by atoms with Crippen LogP contribution in [0.15, 0.2) is 4.63 Å². The number of rotatable bonds is 7. The van der Waals surface area contributed by atoms with Crippen LogP contribution in [0, 0.1) is 0 Å². The summed E-state index contributed by atoms with van der Waals surface area (Å²) in [6.07, 6.45) is 8.89. The molecule has 0 amide bonds. The fourth-order valence-corrected chi connectivity index (χ4v) is 4.35. The van der Waals surface area contributed by atoms with Crippen molar-refractivity contribution in [2.45, 2.75) is 51.0 Å². The Balaban J connectivity index is 1.48. The predicted molar refractivity (Wildman–Crippen MR) is 108 cm³/mol. The van der Waals surface area contributed by atoms with Crippen molar-refractivity contribution in [1.29, 1.82) is 0 Å². The van der Waals surface area contributed by atoms with Crippen molar-refractivity contribution in [2.24, 2.45) is 0 Å². The summed E-state index contributed by atoms with van der Waals surface area (Å²) in [5, 5.41) is 11.1. The number of anilines is 2. The summed E-state index contributed by atoms with van der Waals surface area (Å²) < 4.78 is 9.97. The third-order valence-corrected chi connectivity index (χ3v) is 5.83. The van der Waals surface area contributed by atoms with Crippen LogP contribution in [0.4, 0.5) is 11.6 Å². The molecule has 2 aliphatic rings. The number of fused-ring (bicyclic) bond motifs is 1. The molecule has 2 aromatic heterocycles. The summed E-state index contributed by atoms with van der Waals surface area (Å²) in [6.45, 7) is 5.65. The zero-order chi connectivity index (χ0) is 19.2. The van der Waals surface area contributed by atoms with Crippen molar-refractivity contribution in [3.05, 3.63) is 0 Å². The molecule has 1 saturated heterocycles. The lowest BCUT2D eigenvalue weighted by molar-refractivity contribution is 0.166. The fourth-order valence-electron chi connectivity index (χ4n) is 4.35. The molecule has 1 aliphatic heterocycles. The average Bonchev–Trinajstić information content (AvgIpc) is 3.05. The Morgan fingerprint density at radius 2 is 1.82 bits per heavy atom. The second-order valence-corrected chi connectivity index (χ2v) is 7.75. The molecule has 0 bridgehead atoms. The molecule has 0 atom stereocenters. The lowest BCUT2D eigenvalue weighted by Crippen LogP contribution is -2.39. The van der Waals surface area contributed by atoms with Gasteiger partial charge in [-0.05, 0) is 36.0 Å². The lowest BCUT2D eigenvalue weighted by Gasteiger charge is -2.33. The first-order valence-electron chi connectivity index (χ1n) is 10.6. The summed E-state index contributed by atoms with van der Waals surface area (Å²) in [5.41, 5.74) is 0.905. The minimum atomic E-state index is 0.441.